The number of methoxy groups -OCH3 is 1. The average molecular weight is 379 g/mol. The predicted molar refractivity (Wildman–Crippen MR) is 87.7 cm³/mol. The number of furan rings is 1. The largest absolute Gasteiger partial charge is 0.494 e. The van der Waals surface area contributed by atoms with E-state index in [4.69, 9.17) is 13.6 Å². The molecule has 0 amide bonds. The van der Waals surface area contributed by atoms with Gasteiger partial charge in [0.15, 0.2) is 17.3 Å². The molecule has 1 fully saturated rings. The highest BCUT2D eigenvalue weighted by atomic mass is 32.2. The lowest BCUT2D eigenvalue weighted by atomic mass is 10.3. The minimum absolute atomic E-state index is 0.0103. The normalized spacial score (nSPS) is 14.4. The van der Waals surface area contributed by atoms with Gasteiger partial charge in [0.2, 0.25) is 11.0 Å². The Morgan fingerprint density at radius 2 is 2.00 bits per heavy atom. The minimum atomic E-state index is -4.05. The van der Waals surface area contributed by atoms with E-state index in [2.05, 4.69) is 14.9 Å². The lowest BCUT2D eigenvalue weighted by molar-refractivity contribution is 0.386. The van der Waals surface area contributed by atoms with Gasteiger partial charge < -0.3 is 13.6 Å². The van der Waals surface area contributed by atoms with Gasteiger partial charge in [-0.2, -0.15) is 8.42 Å². The second kappa shape index (κ2) is 6.13. The van der Waals surface area contributed by atoms with E-state index in [1.165, 1.54) is 31.4 Å². The first-order valence-electron chi connectivity index (χ1n) is 7.76. The van der Waals surface area contributed by atoms with Gasteiger partial charge in [0, 0.05) is 12.0 Å². The summed E-state index contributed by atoms with van der Waals surface area (Å²) in [5.41, 5.74) is 0.0371. The molecule has 3 aromatic rings. The van der Waals surface area contributed by atoms with Crippen LogP contribution < -0.4 is 9.46 Å². The number of benzene rings is 1. The van der Waals surface area contributed by atoms with Gasteiger partial charge in [0.25, 0.3) is 15.9 Å². The zero-order chi connectivity index (χ0) is 18.3. The predicted octanol–water partition coefficient (Wildman–Crippen LogP) is 3.16. The molecule has 0 aliphatic heterocycles. The number of aromatic nitrogens is 2. The molecule has 1 saturated carbocycles. The number of hydrogen-bond acceptors (Lipinski definition) is 7. The maximum Gasteiger partial charge on any atom is 0.295 e. The minimum Gasteiger partial charge on any atom is -0.494 e. The zero-order valence-corrected chi connectivity index (χ0v) is 14.4. The summed E-state index contributed by atoms with van der Waals surface area (Å²) in [4.78, 5) is 0. The molecule has 0 radical (unpaired) electrons. The molecule has 0 saturated heterocycles. The Hall–Kier alpha value is -2.88. The van der Waals surface area contributed by atoms with Gasteiger partial charge in [-0.15, -0.1) is 10.2 Å². The Balaban J connectivity index is 1.56. The van der Waals surface area contributed by atoms with Crippen LogP contribution in [0.25, 0.3) is 11.7 Å². The number of halogens is 1. The summed E-state index contributed by atoms with van der Waals surface area (Å²) in [7, 11) is -2.73. The van der Waals surface area contributed by atoms with Crippen LogP contribution in [0.1, 0.15) is 24.7 Å². The molecular weight excluding hydrogens is 365 g/mol. The maximum atomic E-state index is 13.7. The van der Waals surface area contributed by atoms with E-state index < -0.39 is 15.8 Å². The summed E-state index contributed by atoms with van der Waals surface area (Å²) in [6, 6.07) is 6.40. The molecule has 136 valence electrons. The van der Waals surface area contributed by atoms with Crippen LogP contribution in [0.2, 0.25) is 0 Å². The van der Waals surface area contributed by atoms with Gasteiger partial charge in [-0.3, -0.25) is 4.72 Å². The summed E-state index contributed by atoms with van der Waals surface area (Å²) in [6.07, 6.45) is 2.00. The van der Waals surface area contributed by atoms with Crippen molar-refractivity contribution in [3.8, 4) is 17.4 Å². The smallest absolute Gasteiger partial charge is 0.295 e. The molecule has 0 unspecified atom stereocenters. The molecule has 0 atom stereocenters. The van der Waals surface area contributed by atoms with Crippen molar-refractivity contribution >= 4 is 15.7 Å². The molecule has 2 heterocycles. The van der Waals surface area contributed by atoms with Crippen molar-refractivity contribution in [3.05, 3.63) is 42.0 Å². The highest BCUT2D eigenvalue weighted by Crippen LogP contribution is 2.40. The van der Waals surface area contributed by atoms with Gasteiger partial charge in [0.05, 0.1) is 12.8 Å². The molecule has 10 heteroatoms. The Morgan fingerprint density at radius 1 is 1.19 bits per heavy atom. The van der Waals surface area contributed by atoms with Crippen LogP contribution in [0.5, 0.6) is 5.75 Å². The SMILES string of the molecule is COc1ccc(NS(=O)(=O)c2ccc(-c3nnc(C4CC4)o3)o2)cc1F. The molecular formula is C16H14FN3O5S. The maximum absolute atomic E-state index is 13.7. The van der Waals surface area contributed by atoms with Crippen molar-refractivity contribution < 1.29 is 26.4 Å². The quantitative estimate of drug-likeness (QED) is 0.701. The summed E-state index contributed by atoms with van der Waals surface area (Å²) in [5.74, 6) is 0.380. The topological polar surface area (TPSA) is 107 Å². The first kappa shape index (κ1) is 16.6. The van der Waals surface area contributed by atoms with E-state index in [1.54, 1.807) is 0 Å². The van der Waals surface area contributed by atoms with Gasteiger partial charge in [-0.1, -0.05) is 0 Å². The van der Waals surface area contributed by atoms with Crippen molar-refractivity contribution in [3.63, 3.8) is 0 Å². The van der Waals surface area contributed by atoms with Crippen molar-refractivity contribution in [2.45, 2.75) is 23.9 Å². The molecule has 1 N–H and O–H groups in total. The molecule has 4 rings (SSSR count). The van der Waals surface area contributed by atoms with Crippen LogP contribution in [-0.2, 0) is 10.0 Å². The van der Waals surface area contributed by atoms with Crippen LogP contribution >= 0.6 is 0 Å². The highest BCUT2D eigenvalue weighted by molar-refractivity contribution is 7.92. The van der Waals surface area contributed by atoms with Crippen molar-refractivity contribution in [2.75, 3.05) is 11.8 Å². The lowest BCUT2D eigenvalue weighted by Crippen LogP contribution is -2.12. The first-order chi connectivity index (χ1) is 12.5. The number of sulfonamides is 1. The summed E-state index contributed by atoms with van der Waals surface area (Å²) in [6.45, 7) is 0. The van der Waals surface area contributed by atoms with Crippen molar-refractivity contribution in [1.82, 2.24) is 10.2 Å². The second-order valence-electron chi connectivity index (χ2n) is 5.79. The fraction of sp³-hybridized carbons (Fsp3) is 0.250. The molecule has 8 nitrogen and oxygen atoms in total. The third-order valence-electron chi connectivity index (χ3n) is 3.83. The Bertz CT molecular complexity index is 1060. The third-order valence-corrected chi connectivity index (χ3v) is 5.08. The number of anilines is 1. The Morgan fingerprint density at radius 3 is 2.69 bits per heavy atom. The van der Waals surface area contributed by atoms with E-state index in [0.717, 1.165) is 18.9 Å². The molecule has 2 aromatic heterocycles. The van der Waals surface area contributed by atoms with Crippen LogP contribution in [-0.4, -0.2) is 25.7 Å². The fourth-order valence-corrected chi connectivity index (χ4v) is 3.33. The summed E-state index contributed by atoms with van der Waals surface area (Å²) in [5, 5.41) is 7.44. The van der Waals surface area contributed by atoms with Crippen LogP contribution in [0, 0.1) is 5.82 Å². The Labute approximate surface area is 148 Å². The number of nitrogens with zero attached hydrogens (tertiary/aromatic N) is 2. The average Bonchev–Trinajstić information content (AvgIpc) is 3.12. The van der Waals surface area contributed by atoms with Crippen LogP contribution in [0.4, 0.5) is 10.1 Å². The van der Waals surface area contributed by atoms with Crippen molar-refractivity contribution in [1.29, 1.82) is 0 Å². The van der Waals surface area contributed by atoms with E-state index in [-0.39, 0.29) is 34.1 Å². The highest BCUT2D eigenvalue weighted by Gasteiger charge is 2.30. The van der Waals surface area contributed by atoms with Crippen molar-refractivity contribution in [2.24, 2.45) is 0 Å². The van der Waals surface area contributed by atoms with Gasteiger partial charge in [0.1, 0.15) is 0 Å². The standard InChI is InChI=1S/C16H14FN3O5S/c1-23-12-5-4-10(8-11(12)17)20-26(21,22)14-7-6-13(24-14)16-19-18-15(25-16)9-2-3-9/h4-9,20H,2-3H2,1H3. The number of nitrogens with one attached hydrogen (secondary N) is 1. The molecule has 0 bridgehead atoms. The van der Waals surface area contributed by atoms with E-state index in [1.807, 2.05) is 0 Å². The fourth-order valence-electron chi connectivity index (χ4n) is 2.34. The van der Waals surface area contributed by atoms with E-state index >= 15 is 0 Å². The summed E-state index contributed by atoms with van der Waals surface area (Å²) < 4.78 is 56.4. The second-order valence-corrected chi connectivity index (χ2v) is 7.41. The molecule has 1 aromatic carbocycles. The third kappa shape index (κ3) is 3.15. The van der Waals surface area contributed by atoms with Crippen LogP contribution in [0.15, 0.2) is 44.3 Å². The number of rotatable bonds is 6. The molecule has 26 heavy (non-hydrogen) atoms. The number of hydrogen-bond donors (Lipinski definition) is 1. The van der Waals surface area contributed by atoms with Gasteiger partial charge in [-0.25, -0.2) is 4.39 Å². The summed E-state index contributed by atoms with van der Waals surface area (Å²) >= 11 is 0. The molecule has 1 aliphatic rings. The number of ether oxygens (including phenoxy) is 1. The molecule has 0 spiro atoms. The van der Waals surface area contributed by atoms with E-state index in [0.29, 0.717) is 5.89 Å². The first-order valence-corrected chi connectivity index (χ1v) is 9.24. The van der Waals surface area contributed by atoms with Crippen LogP contribution in [0.3, 0.4) is 0 Å². The zero-order valence-electron chi connectivity index (χ0n) is 13.6. The Kier molecular flexibility index (Phi) is 3.91. The van der Waals surface area contributed by atoms with E-state index in [9.17, 15) is 12.8 Å². The van der Waals surface area contributed by atoms with Gasteiger partial charge in [-0.05, 0) is 37.1 Å². The lowest BCUT2D eigenvalue weighted by Gasteiger charge is -2.07. The van der Waals surface area contributed by atoms with Gasteiger partial charge >= 0.3 is 0 Å². The monoisotopic (exact) mass is 379 g/mol. The molecule has 1 aliphatic carbocycles.